The van der Waals surface area contributed by atoms with Gasteiger partial charge in [-0.1, -0.05) is 61.1 Å². The van der Waals surface area contributed by atoms with Crippen molar-refractivity contribution in [1.82, 2.24) is 0 Å². The van der Waals surface area contributed by atoms with Gasteiger partial charge in [0, 0.05) is 17.0 Å². The van der Waals surface area contributed by atoms with Crippen LogP contribution in [0.2, 0.25) is 0 Å². The Morgan fingerprint density at radius 1 is 0.692 bits per heavy atom. The van der Waals surface area contributed by atoms with Gasteiger partial charge in [0.2, 0.25) is 0 Å². The van der Waals surface area contributed by atoms with Crippen LogP contribution in [0, 0.1) is 33.6 Å². The van der Waals surface area contributed by atoms with Gasteiger partial charge in [0.05, 0.1) is 0 Å². The van der Waals surface area contributed by atoms with Gasteiger partial charge in [-0.25, -0.2) is 0 Å². The SMILES string of the molecule is Cc1cc(C)c(O)c(C(c2cc(C)cc(C)c2O)C2CCCCCC2)c1. The van der Waals surface area contributed by atoms with E-state index in [0.717, 1.165) is 46.2 Å². The van der Waals surface area contributed by atoms with Crippen LogP contribution in [0.25, 0.3) is 0 Å². The Morgan fingerprint density at radius 3 is 1.54 bits per heavy atom. The van der Waals surface area contributed by atoms with Crippen molar-refractivity contribution in [2.45, 2.75) is 72.1 Å². The maximum atomic E-state index is 10.9. The van der Waals surface area contributed by atoms with E-state index >= 15 is 0 Å². The largest absolute Gasteiger partial charge is 0.507 e. The highest BCUT2D eigenvalue weighted by atomic mass is 16.3. The Hall–Kier alpha value is -1.96. The quantitative estimate of drug-likeness (QED) is 0.625. The molecular weight excluding hydrogens is 320 g/mol. The molecule has 2 N–H and O–H groups in total. The molecule has 2 aromatic rings. The number of aryl methyl sites for hydroxylation is 4. The maximum absolute atomic E-state index is 10.9. The molecule has 1 aliphatic rings. The van der Waals surface area contributed by atoms with E-state index in [9.17, 15) is 10.2 Å². The molecular formula is C24H32O2. The number of hydrogen-bond donors (Lipinski definition) is 2. The van der Waals surface area contributed by atoms with Crippen LogP contribution in [0.1, 0.15) is 77.8 Å². The van der Waals surface area contributed by atoms with Crippen LogP contribution in [-0.4, -0.2) is 10.2 Å². The van der Waals surface area contributed by atoms with Crippen molar-refractivity contribution in [3.8, 4) is 11.5 Å². The third-order valence-electron chi connectivity index (χ3n) is 5.99. The molecule has 0 unspecified atom stereocenters. The standard InChI is InChI=1S/C24H32O2/c1-15-11-17(3)23(25)20(13-15)22(19-9-7-5-6-8-10-19)21-14-16(2)12-18(4)24(21)26/h11-14,19,22,25-26H,5-10H2,1-4H3. The maximum Gasteiger partial charge on any atom is 0.122 e. The minimum Gasteiger partial charge on any atom is -0.507 e. The van der Waals surface area contributed by atoms with Gasteiger partial charge in [-0.2, -0.15) is 0 Å². The normalized spacial score (nSPS) is 16.0. The number of hydrogen-bond acceptors (Lipinski definition) is 2. The number of phenols is 2. The first kappa shape index (κ1) is 18.8. The van der Waals surface area contributed by atoms with E-state index in [1.807, 2.05) is 26.0 Å². The molecule has 0 saturated heterocycles. The third-order valence-corrected chi connectivity index (χ3v) is 5.99. The van der Waals surface area contributed by atoms with E-state index in [2.05, 4.69) is 26.0 Å². The van der Waals surface area contributed by atoms with E-state index in [1.165, 1.54) is 25.7 Å². The fourth-order valence-corrected chi connectivity index (χ4v) is 4.78. The van der Waals surface area contributed by atoms with Crippen LogP contribution >= 0.6 is 0 Å². The Labute approximate surface area is 157 Å². The Balaban J connectivity index is 2.20. The van der Waals surface area contributed by atoms with Gasteiger partial charge < -0.3 is 10.2 Å². The summed E-state index contributed by atoms with van der Waals surface area (Å²) in [6.45, 7) is 8.11. The van der Waals surface area contributed by atoms with Gasteiger partial charge in [0.25, 0.3) is 0 Å². The fraction of sp³-hybridized carbons (Fsp3) is 0.500. The molecule has 2 nitrogen and oxygen atoms in total. The molecule has 0 atom stereocenters. The van der Waals surface area contributed by atoms with Gasteiger partial charge in [-0.3, -0.25) is 0 Å². The number of phenolic OH excluding ortho intramolecular Hbond substituents is 2. The highest BCUT2D eigenvalue weighted by Gasteiger charge is 2.31. The zero-order valence-corrected chi connectivity index (χ0v) is 16.6. The fourth-order valence-electron chi connectivity index (χ4n) is 4.78. The molecule has 0 aromatic heterocycles. The zero-order chi connectivity index (χ0) is 18.8. The molecule has 1 saturated carbocycles. The van der Waals surface area contributed by atoms with Gasteiger partial charge in [0.15, 0.2) is 0 Å². The third kappa shape index (κ3) is 3.75. The monoisotopic (exact) mass is 352 g/mol. The lowest BCUT2D eigenvalue weighted by Crippen LogP contribution is -2.16. The summed E-state index contributed by atoms with van der Waals surface area (Å²) in [5.74, 6) is 1.29. The summed E-state index contributed by atoms with van der Waals surface area (Å²) in [6.07, 6.45) is 7.37. The molecule has 140 valence electrons. The summed E-state index contributed by atoms with van der Waals surface area (Å²) in [5.41, 5.74) is 6.13. The Bertz CT molecular complexity index is 726. The topological polar surface area (TPSA) is 40.5 Å². The zero-order valence-electron chi connectivity index (χ0n) is 16.6. The van der Waals surface area contributed by atoms with Crippen LogP contribution in [0.5, 0.6) is 11.5 Å². The van der Waals surface area contributed by atoms with Crippen LogP contribution in [0.15, 0.2) is 24.3 Å². The summed E-state index contributed by atoms with van der Waals surface area (Å²) in [7, 11) is 0. The van der Waals surface area contributed by atoms with Crippen LogP contribution in [0.4, 0.5) is 0 Å². The lowest BCUT2D eigenvalue weighted by molar-refractivity contribution is 0.380. The smallest absolute Gasteiger partial charge is 0.122 e. The first-order valence-corrected chi connectivity index (χ1v) is 9.98. The molecule has 26 heavy (non-hydrogen) atoms. The van der Waals surface area contributed by atoms with Crippen molar-refractivity contribution < 1.29 is 10.2 Å². The van der Waals surface area contributed by atoms with Crippen molar-refractivity contribution in [3.63, 3.8) is 0 Å². The van der Waals surface area contributed by atoms with E-state index in [-0.39, 0.29) is 5.92 Å². The first-order valence-electron chi connectivity index (χ1n) is 9.98. The van der Waals surface area contributed by atoms with Crippen molar-refractivity contribution in [3.05, 3.63) is 57.6 Å². The lowest BCUT2D eigenvalue weighted by atomic mass is 9.75. The highest BCUT2D eigenvalue weighted by Crippen LogP contribution is 2.47. The van der Waals surface area contributed by atoms with Crippen molar-refractivity contribution in [1.29, 1.82) is 0 Å². The Kier molecular flexibility index (Phi) is 5.60. The van der Waals surface area contributed by atoms with Gasteiger partial charge >= 0.3 is 0 Å². The summed E-state index contributed by atoms with van der Waals surface area (Å²) < 4.78 is 0. The molecule has 0 heterocycles. The van der Waals surface area contributed by atoms with E-state index in [4.69, 9.17) is 0 Å². The minimum atomic E-state index is 0.0466. The van der Waals surface area contributed by atoms with E-state index < -0.39 is 0 Å². The van der Waals surface area contributed by atoms with Gasteiger partial charge in [0.1, 0.15) is 11.5 Å². The molecule has 1 aliphatic carbocycles. The van der Waals surface area contributed by atoms with Gasteiger partial charge in [-0.05, 0) is 57.6 Å². The van der Waals surface area contributed by atoms with Crippen LogP contribution in [0.3, 0.4) is 0 Å². The van der Waals surface area contributed by atoms with Crippen LogP contribution < -0.4 is 0 Å². The van der Waals surface area contributed by atoms with Crippen molar-refractivity contribution in [2.75, 3.05) is 0 Å². The second-order valence-corrected chi connectivity index (χ2v) is 8.27. The first-order chi connectivity index (χ1) is 12.4. The molecule has 2 aromatic carbocycles. The predicted octanol–water partition coefficient (Wildman–Crippen LogP) is 6.43. The summed E-state index contributed by atoms with van der Waals surface area (Å²) in [4.78, 5) is 0. The molecule has 0 aliphatic heterocycles. The average molecular weight is 353 g/mol. The highest BCUT2D eigenvalue weighted by molar-refractivity contribution is 5.53. The predicted molar refractivity (Wildman–Crippen MR) is 108 cm³/mol. The molecule has 1 fully saturated rings. The van der Waals surface area contributed by atoms with Crippen molar-refractivity contribution >= 4 is 0 Å². The molecule has 3 rings (SSSR count). The molecule has 0 amide bonds. The summed E-state index contributed by atoms with van der Waals surface area (Å²) in [5, 5.41) is 21.8. The molecule has 2 heteroatoms. The average Bonchev–Trinajstić information content (AvgIpc) is 2.85. The van der Waals surface area contributed by atoms with Crippen LogP contribution in [-0.2, 0) is 0 Å². The number of benzene rings is 2. The van der Waals surface area contributed by atoms with E-state index in [0.29, 0.717) is 17.4 Å². The molecule has 0 spiro atoms. The minimum absolute atomic E-state index is 0.0466. The molecule has 0 radical (unpaired) electrons. The van der Waals surface area contributed by atoms with E-state index in [1.54, 1.807) is 0 Å². The van der Waals surface area contributed by atoms with Crippen molar-refractivity contribution in [2.24, 2.45) is 5.92 Å². The lowest BCUT2D eigenvalue weighted by Gasteiger charge is -2.30. The number of aromatic hydroxyl groups is 2. The molecule has 0 bridgehead atoms. The summed E-state index contributed by atoms with van der Waals surface area (Å²) in [6, 6.07) is 8.30. The second-order valence-electron chi connectivity index (χ2n) is 8.27. The Morgan fingerprint density at radius 2 is 1.12 bits per heavy atom. The van der Waals surface area contributed by atoms with Gasteiger partial charge in [-0.15, -0.1) is 0 Å². The second kappa shape index (κ2) is 7.73. The summed E-state index contributed by atoms with van der Waals surface area (Å²) >= 11 is 0. The number of rotatable bonds is 3.